The molecule has 1 aromatic carbocycles. The molecule has 2 heterocycles. The van der Waals surface area contributed by atoms with E-state index in [2.05, 4.69) is 10.3 Å². The highest BCUT2D eigenvalue weighted by Crippen LogP contribution is 2.27. The number of carbonyl (C=O) groups excluding carboxylic acids is 1. The maximum atomic E-state index is 13.0. The molecule has 1 aliphatic heterocycles. The first-order valence-corrected chi connectivity index (χ1v) is 9.12. The molecule has 0 saturated heterocycles. The first-order chi connectivity index (χ1) is 12.2. The maximum absolute atomic E-state index is 13.0. The molecule has 9 nitrogen and oxygen atoms in total. The van der Waals surface area contributed by atoms with Gasteiger partial charge in [-0.1, -0.05) is 17.3 Å². The van der Waals surface area contributed by atoms with E-state index in [1.165, 1.54) is 13.8 Å². The van der Waals surface area contributed by atoms with Crippen molar-refractivity contribution in [1.82, 2.24) is 9.46 Å². The van der Waals surface area contributed by atoms with Crippen molar-refractivity contribution in [2.24, 2.45) is 5.16 Å². The summed E-state index contributed by atoms with van der Waals surface area (Å²) in [5, 5.41) is 7.27. The Morgan fingerprint density at radius 2 is 1.92 bits per heavy atom. The van der Waals surface area contributed by atoms with Gasteiger partial charge in [0, 0.05) is 0 Å². The summed E-state index contributed by atoms with van der Waals surface area (Å²) in [6.07, 6.45) is 0. The van der Waals surface area contributed by atoms with Crippen LogP contribution in [0.3, 0.4) is 0 Å². The van der Waals surface area contributed by atoms with Gasteiger partial charge >= 0.3 is 6.02 Å². The summed E-state index contributed by atoms with van der Waals surface area (Å²) in [4.78, 5) is 16.9. The molecule has 1 aliphatic rings. The van der Waals surface area contributed by atoms with Gasteiger partial charge in [0.15, 0.2) is 17.3 Å². The number of ether oxygens (including phenoxy) is 1. The van der Waals surface area contributed by atoms with Gasteiger partial charge in [0.2, 0.25) is 0 Å². The Balaban J connectivity index is 2.06. The van der Waals surface area contributed by atoms with Crippen LogP contribution in [0.5, 0.6) is 5.75 Å². The standard InChI is InChI=1S/C16H17N3O6S/c1-9-5-6-10(2)13(7-9)24-16-18-23-8-14(20)19(16)26(21,22)15-11(3)17-25-12(15)4/h5-7H,8H2,1-4H3. The van der Waals surface area contributed by atoms with Crippen LogP contribution >= 0.6 is 0 Å². The predicted molar refractivity (Wildman–Crippen MR) is 89.9 cm³/mol. The first kappa shape index (κ1) is 17.9. The van der Waals surface area contributed by atoms with Gasteiger partial charge < -0.3 is 14.1 Å². The Hall–Kier alpha value is -2.88. The van der Waals surface area contributed by atoms with Crippen LogP contribution in [0.15, 0.2) is 32.8 Å². The van der Waals surface area contributed by atoms with Gasteiger partial charge in [0.05, 0.1) is 0 Å². The van der Waals surface area contributed by atoms with Crippen LogP contribution in [0.25, 0.3) is 0 Å². The summed E-state index contributed by atoms with van der Waals surface area (Å²) < 4.78 is 37.1. The molecule has 0 atom stereocenters. The summed E-state index contributed by atoms with van der Waals surface area (Å²) in [7, 11) is -4.33. The monoisotopic (exact) mass is 379 g/mol. The van der Waals surface area contributed by atoms with Gasteiger partial charge in [-0.25, -0.2) is 8.42 Å². The van der Waals surface area contributed by atoms with Crippen molar-refractivity contribution in [2.45, 2.75) is 32.6 Å². The van der Waals surface area contributed by atoms with Crippen molar-refractivity contribution in [3.05, 3.63) is 40.8 Å². The maximum Gasteiger partial charge on any atom is 0.353 e. The smallest absolute Gasteiger partial charge is 0.353 e. The normalized spacial score (nSPS) is 14.8. The summed E-state index contributed by atoms with van der Waals surface area (Å²) in [6, 6.07) is 4.90. The van der Waals surface area contributed by atoms with Gasteiger partial charge in [-0.05, 0) is 50.0 Å². The van der Waals surface area contributed by atoms with Crippen molar-refractivity contribution in [1.29, 1.82) is 0 Å². The molecule has 3 rings (SSSR count). The van der Waals surface area contributed by atoms with Gasteiger partial charge in [-0.2, -0.15) is 0 Å². The van der Waals surface area contributed by atoms with E-state index in [0.29, 0.717) is 10.1 Å². The number of oxime groups is 1. The fourth-order valence-electron chi connectivity index (χ4n) is 2.49. The quantitative estimate of drug-likeness (QED) is 0.799. The predicted octanol–water partition coefficient (Wildman–Crippen LogP) is 1.81. The molecule has 138 valence electrons. The molecular formula is C16H17N3O6S. The van der Waals surface area contributed by atoms with Crippen molar-refractivity contribution in [3.8, 4) is 5.75 Å². The lowest BCUT2D eigenvalue weighted by Crippen LogP contribution is -2.48. The van der Waals surface area contributed by atoms with Crippen molar-refractivity contribution in [3.63, 3.8) is 0 Å². The van der Waals surface area contributed by atoms with Crippen LogP contribution < -0.4 is 4.74 Å². The van der Waals surface area contributed by atoms with E-state index in [0.717, 1.165) is 11.1 Å². The van der Waals surface area contributed by atoms with E-state index < -0.39 is 28.6 Å². The lowest BCUT2D eigenvalue weighted by Gasteiger charge is -2.25. The van der Waals surface area contributed by atoms with Gasteiger partial charge in [-0.15, -0.1) is 4.31 Å². The Bertz CT molecular complexity index is 989. The summed E-state index contributed by atoms with van der Waals surface area (Å²) in [5.74, 6) is -0.408. The van der Waals surface area contributed by atoms with Crippen LogP contribution in [0, 0.1) is 27.7 Å². The second-order valence-electron chi connectivity index (χ2n) is 5.83. The van der Waals surface area contributed by atoms with Crippen LogP contribution in [-0.4, -0.2) is 36.4 Å². The second kappa shape index (κ2) is 6.45. The third kappa shape index (κ3) is 3.03. The zero-order valence-electron chi connectivity index (χ0n) is 14.6. The molecule has 0 spiro atoms. The number of rotatable bonds is 3. The lowest BCUT2D eigenvalue weighted by molar-refractivity contribution is -0.131. The minimum Gasteiger partial charge on any atom is -0.423 e. The average Bonchev–Trinajstić information content (AvgIpc) is 2.90. The summed E-state index contributed by atoms with van der Waals surface area (Å²) >= 11 is 0. The number of nitrogens with zero attached hydrogens (tertiary/aromatic N) is 3. The highest BCUT2D eigenvalue weighted by atomic mass is 32.2. The van der Waals surface area contributed by atoms with E-state index in [1.807, 2.05) is 19.1 Å². The highest BCUT2D eigenvalue weighted by molar-refractivity contribution is 7.90. The average molecular weight is 379 g/mol. The molecule has 0 bridgehead atoms. The molecule has 0 radical (unpaired) electrons. The number of aromatic nitrogens is 1. The zero-order valence-corrected chi connectivity index (χ0v) is 15.5. The number of carbonyl (C=O) groups is 1. The number of hydrogen-bond acceptors (Lipinski definition) is 8. The number of amidine groups is 1. The largest absolute Gasteiger partial charge is 0.423 e. The van der Waals surface area contributed by atoms with Crippen molar-refractivity contribution < 1.29 is 27.3 Å². The number of aryl methyl sites for hydroxylation is 4. The van der Waals surface area contributed by atoms with Gasteiger partial charge in [-0.3, -0.25) is 4.79 Å². The fourth-order valence-corrected chi connectivity index (χ4v) is 4.08. The molecule has 0 aliphatic carbocycles. The minimum atomic E-state index is -4.33. The van der Waals surface area contributed by atoms with Crippen molar-refractivity contribution >= 4 is 22.0 Å². The van der Waals surface area contributed by atoms with E-state index in [1.54, 1.807) is 13.0 Å². The lowest BCUT2D eigenvalue weighted by atomic mass is 10.1. The molecule has 10 heteroatoms. The molecule has 1 amide bonds. The third-order valence-corrected chi connectivity index (χ3v) is 5.68. The number of hydrogen-bond donors (Lipinski definition) is 0. The highest BCUT2D eigenvalue weighted by Gasteiger charge is 2.42. The third-order valence-electron chi connectivity index (χ3n) is 3.74. The van der Waals surface area contributed by atoms with Crippen LogP contribution in [0.1, 0.15) is 22.6 Å². The van der Waals surface area contributed by atoms with Crippen LogP contribution in [0.4, 0.5) is 0 Å². The Morgan fingerprint density at radius 1 is 1.19 bits per heavy atom. The van der Waals surface area contributed by atoms with Crippen LogP contribution in [-0.2, 0) is 19.7 Å². The summed E-state index contributed by atoms with van der Waals surface area (Å²) in [5.41, 5.74) is 1.77. The topological polar surface area (TPSA) is 111 Å². The zero-order chi connectivity index (χ0) is 19.1. The van der Waals surface area contributed by atoms with E-state index in [4.69, 9.17) is 14.1 Å². The van der Waals surface area contributed by atoms with E-state index >= 15 is 0 Å². The molecule has 26 heavy (non-hydrogen) atoms. The van der Waals surface area contributed by atoms with E-state index in [-0.39, 0.29) is 16.3 Å². The molecular weight excluding hydrogens is 362 g/mol. The molecule has 2 aromatic rings. The van der Waals surface area contributed by atoms with Crippen molar-refractivity contribution in [2.75, 3.05) is 6.61 Å². The van der Waals surface area contributed by atoms with Gasteiger partial charge in [0.1, 0.15) is 11.4 Å². The Kier molecular flexibility index (Phi) is 4.45. The Morgan fingerprint density at radius 3 is 2.58 bits per heavy atom. The second-order valence-corrected chi connectivity index (χ2v) is 7.56. The minimum absolute atomic E-state index is 0.0628. The van der Waals surface area contributed by atoms with Gasteiger partial charge in [0.25, 0.3) is 15.9 Å². The molecule has 1 aromatic heterocycles. The molecule has 0 unspecified atom stereocenters. The summed E-state index contributed by atoms with van der Waals surface area (Å²) in [6.45, 7) is 6.03. The SMILES string of the molecule is Cc1ccc(C)c(OC2=NOCC(=O)N2S(=O)(=O)c2c(C)noc2C)c1. The number of amides is 1. The Labute approximate surface area is 150 Å². The number of sulfonamides is 1. The molecule has 0 N–H and O–H groups in total. The molecule has 0 saturated carbocycles. The van der Waals surface area contributed by atoms with E-state index in [9.17, 15) is 13.2 Å². The fraction of sp³-hybridized carbons (Fsp3) is 0.312. The van der Waals surface area contributed by atoms with Crippen LogP contribution in [0.2, 0.25) is 0 Å². The molecule has 0 fully saturated rings. The first-order valence-electron chi connectivity index (χ1n) is 7.68. The number of benzene rings is 1.